The minimum atomic E-state index is 0.337. The van der Waals surface area contributed by atoms with Crippen molar-refractivity contribution in [2.75, 3.05) is 39.5 Å². The van der Waals surface area contributed by atoms with E-state index in [0.29, 0.717) is 11.4 Å². The number of piperidine rings is 1. The lowest BCUT2D eigenvalue weighted by atomic mass is 9.96. The van der Waals surface area contributed by atoms with E-state index in [9.17, 15) is 5.11 Å². The number of phenolic OH excluding ortho intramolecular Hbond substituents is 1. The second-order valence-corrected chi connectivity index (χ2v) is 5.83. The van der Waals surface area contributed by atoms with Crippen molar-refractivity contribution >= 4 is 5.69 Å². The van der Waals surface area contributed by atoms with Crippen LogP contribution in [0.25, 0.3) is 0 Å². The van der Waals surface area contributed by atoms with Gasteiger partial charge in [0.2, 0.25) is 0 Å². The van der Waals surface area contributed by atoms with Crippen LogP contribution in [0.3, 0.4) is 0 Å². The van der Waals surface area contributed by atoms with Crippen molar-refractivity contribution in [3.8, 4) is 5.75 Å². The second-order valence-electron chi connectivity index (χ2n) is 5.83. The van der Waals surface area contributed by atoms with E-state index in [0.717, 1.165) is 24.6 Å². The first-order valence-corrected chi connectivity index (χ1v) is 6.99. The van der Waals surface area contributed by atoms with Crippen LogP contribution in [0.5, 0.6) is 5.75 Å². The summed E-state index contributed by atoms with van der Waals surface area (Å²) < 4.78 is 0. The molecule has 1 heterocycles. The summed E-state index contributed by atoms with van der Waals surface area (Å²) in [6.45, 7) is 4.23. The summed E-state index contributed by atoms with van der Waals surface area (Å²) in [5.41, 5.74) is 7.39. The number of likely N-dealkylation sites (tertiary alicyclic amines) is 1. The minimum Gasteiger partial charge on any atom is -0.508 e. The van der Waals surface area contributed by atoms with Gasteiger partial charge in [0, 0.05) is 24.3 Å². The lowest BCUT2D eigenvalue weighted by Gasteiger charge is -2.31. The number of aromatic hydroxyl groups is 1. The molecule has 0 atom stereocenters. The Morgan fingerprint density at radius 3 is 2.74 bits per heavy atom. The van der Waals surface area contributed by atoms with Gasteiger partial charge < -0.3 is 20.6 Å². The molecular formula is C15H25N3O. The summed E-state index contributed by atoms with van der Waals surface area (Å²) in [5.74, 6) is 1.11. The molecule has 1 aromatic rings. The third-order valence-electron chi connectivity index (χ3n) is 3.95. The topological polar surface area (TPSA) is 52.7 Å². The standard InChI is InChI=1S/C15H25N3O/c1-17-7-5-12(6-8-17)10-18(2)11-13-9-14(16)3-4-15(13)19/h3-4,9,12,19H,5-8,10-11,16H2,1-2H3. The van der Waals surface area contributed by atoms with E-state index in [1.54, 1.807) is 12.1 Å². The number of nitrogens with zero attached hydrogens (tertiary/aromatic N) is 2. The monoisotopic (exact) mass is 263 g/mol. The maximum Gasteiger partial charge on any atom is 0.120 e. The molecule has 0 spiro atoms. The Morgan fingerprint density at radius 2 is 2.05 bits per heavy atom. The molecule has 3 N–H and O–H groups in total. The molecule has 1 aliphatic heterocycles. The van der Waals surface area contributed by atoms with E-state index in [1.165, 1.54) is 25.9 Å². The molecule has 0 unspecified atom stereocenters. The largest absolute Gasteiger partial charge is 0.508 e. The predicted octanol–water partition coefficient (Wildman–Crippen LogP) is 1.75. The molecular weight excluding hydrogens is 238 g/mol. The number of benzene rings is 1. The van der Waals surface area contributed by atoms with Crippen LogP contribution in [0.2, 0.25) is 0 Å². The molecule has 106 valence electrons. The van der Waals surface area contributed by atoms with Gasteiger partial charge in [0.25, 0.3) is 0 Å². The van der Waals surface area contributed by atoms with E-state index >= 15 is 0 Å². The van der Waals surface area contributed by atoms with Gasteiger partial charge in [-0.25, -0.2) is 0 Å². The van der Waals surface area contributed by atoms with Gasteiger partial charge in [-0.2, -0.15) is 0 Å². The van der Waals surface area contributed by atoms with E-state index in [2.05, 4.69) is 23.9 Å². The lowest BCUT2D eigenvalue weighted by Crippen LogP contribution is -2.35. The number of hydrogen-bond donors (Lipinski definition) is 2. The zero-order chi connectivity index (χ0) is 13.8. The molecule has 0 aromatic heterocycles. The molecule has 19 heavy (non-hydrogen) atoms. The third kappa shape index (κ3) is 4.11. The Kier molecular flexibility index (Phi) is 4.66. The number of nitrogen functional groups attached to an aromatic ring is 1. The lowest BCUT2D eigenvalue weighted by molar-refractivity contribution is 0.173. The molecule has 0 radical (unpaired) electrons. The Morgan fingerprint density at radius 1 is 1.37 bits per heavy atom. The van der Waals surface area contributed by atoms with Crippen LogP contribution in [-0.2, 0) is 6.54 Å². The van der Waals surface area contributed by atoms with E-state index in [1.807, 2.05) is 6.07 Å². The average molecular weight is 263 g/mol. The van der Waals surface area contributed by atoms with E-state index < -0.39 is 0 Å². The predicted molar refractivity (Wildman–Crippen MR) is 79.1 cm³/mol. The molecule has 2 rings (SSSR count). The van der Waals surface area contributed by atoms with Crippen LogP contribution in [0.4, 0.5) is 5.69 Å². The zero-order valence-corrected chi connectivity index (χ0v) is 12.0. The highest BCUT2D eigenvalue weighted by Crippen LogP contribution is 2.23. The number of anilines is 1. The number of rotatable bonds is 4. The van der Waals surface area contributed by atoms with Crippen molar-refractivity contribution in [3.05, 3.63) is 23.8 Å². The number of nitrogens with two attached hydrogens (primary N) is 1. The summed E-state index contributed by atoms with van der Waals surface area (Å²) in [6, 6.07) is 5.27. The first-order chi connectivity index (χ1) is 9.04. The molecule has 1 fully saturated rings. The van der Waals surface area contributed by atoms with Crippen molar-refractivity contribution in [1.29, 1.82) is 0 Å². The Bertz CT molecular complexity index is 414. The normalized spacial score (nSPS) is 18.1. The maximum absolute atomic E-state index is 9.84. The SMILES string of the molecule is CN1CCC(CN(C)Cc2cc(N)ccc2O)CC1. The first-order valence-electron chi connectivity index (χ1n) is 6.99. The fourth-order valence-corrected chi connectivity index (χ4v) is 2.77. The Balaban J connectivity index is 1.87. The van der Waals surface area contributed by atoms with Crippen LogP contribution in [0.1, 0.15) is 18.4 Å². The van der Waals surface area contributed by atoms with Gasteiger partial charge in [-0.05, 0) is 64.1 Å². The quantitative estimate of drug-likeness (QED) is 0.642. The molecule has 0 amide bonds. The molecule has 1 saturated heterocycles. The van der Waals surface area contributed by atoms with Crippen LogP contribution >= 0.6 is 0 Å². The number of phenols is 1. The van der Waals surface area contributed by atoms with Crippen molar-refractivity contribution in [3.63, 3.8) is 0 Å². The average Bonchev–Trinajstić information content (AvgIpc) is 2.37. The first kappa shape index (κ1) is 14.2. The van der Waals surface area contributed by atoms with Gasteiger partial charge in [-0.3, -0.25) is 0 Å². The van der Waals surface area contributed by atoms with Crippen LogP contribution in [0, 0.1) is 5.92 Å². The molecule has 0 aliphatic carbocycles. The summed E-state index contributed by atoms with van der Waals surface area (Å²) >= 11 is 0. The molecule has 1 aromatic carbocycles. The zero-order valence-electron chi connectivity index (χ0n) is 12.0. The smallest absolute Gasteiger partial charge is 0.120 e. The Hall–Kier alpha value is -1.26. The summed E-state index contributed by atoms with van der Waals surface area (Å²) in [4.78, 5) is 4.67. The van der Waals surface area contributed by atoms with Crippen molar-refractivity contribution < 1.29 is 5.11 Å². The van der Waals surface area contributed by atoms with Crippen molar-refractivity contribution in [2.45, 2.75) is 19.4 Å². The number of hydrogen-bond acceptors (Lipinski definition) is 4. The molecule has 4 nitrogen and oxygen atoms in total. The van der Waals surface area contributed by atoms with Gasteiger partial charge in [0.1, 0.15) is 5.75 Å². The Labute approximate surface area is 115 Å². The summed E-state index contributed by atoms with van der Waals surface area (Å²) in [5, 5.41) is 9.84. The fourth-order valence-electron chi connectivity index (χ4n) is 2.77. The third-order valence-corrected chi connectivity index (χ3v) is 3.95. The van der Waals surface area contributed by atoms with Crippen LogP contribution in [-0.4, -0.2) is 48.6 Å². The summed E-state index contributed by atoms with van der Waals surface area (Å²) in [7, 11) is 4.30. The van der Waals surface area contributed by atoms with Crippen LogP contribution in [0.15, 0.2) is 18.2 Å². The van der Waals surface area contributed by atoms with Gasteiger partial charge >= 0.3 is 0 Å². The molecule has 1 aliphatic rings. The summed E-state index contributed by atoms with van der Waals surface area (Å²) in [6.07, 6.45) is 2.54. The van der Waals surface area contributed by atoms with Gasteiger partial charge in [-0.1, -0.05) is 0 Å². The molecule has 0 saturated carbocycles. The van der Waals surface area contributed by atoms with Gasteiger partial charge in [-0.15, -0.1) is 0 Å². The van der Waals surface area contributed by atoms with Crippen LogP contribution < -0.4 is 5.73 Å². The molecule has 4 heteroatoms. The maximum atomic E-state index is 9.84. The fraction of sp³-hybridized carbons (Fsp3) is 0.600. The highest BCUT2D eigenvalue weighted by atomic mass is 16.3. The van der Waals surface area contributed by atoms with Crippen molar-refractivity contribution in [1.82, 2.24) is 9.80 Å². The van der Waals surface area contributed by atoms with Gasteiger partial charge in [0.15, 0.2) is 0 Å². The van der Waals surface area contributed by atoms with Crippen molar-refractivity contribution in [2.24, 2.45) is 5.92 Å². The van der Waals surface area contributed by atoms with Gasteiger partial charge in [0.05, 0.1) is 0 Å². The second kappa shape index (κ2) is 6.26. The minimum absolute atomic E-state index is 0.337. The highest BCUT2D eigenvalue weighted by molar-refractivity contribution is 5.47. The molecule has 0 bridgehead atoms. The van der Waals surface area contributed by atoms with E-state index in [-0.39, 0.29) is 0 Å². The highest BCUT2D eigenvalue weighted by Gasteiger charge is 2.18. The van der Waals surface area contributed by atoms with E-state index in [4.69, 9.17) is 5.73 Å².